The fraction of sp³-hybridized carbons (Fsp3) is 0.182. The van der Waals surface area contributed by atoms with Crippen LogP contribution in [0.1, 0.15) is 5.56 Å². The van der Waals surface area contributed by atoms with Crippen LogP contribution in [0.25, 0.3) is 11.1 Å². The number of ether oxygens (including phenoxy) is 1. The van der Waals surface area contributed by atoms with Crippen LogP contribution >= 0.6 is 0 Å². The molecule has 0 unspecified atom stereocenters. The lowest BCUT2D eigenvalue weighted by atomic mass is 10.0. The van der Waals surface area contributed by atoms with Crippen LogP contribution in [0.5, 0.6) is 5.75 Å². The molecule has 0 spiro atoms. The van der Waals surface area contributed by atoms with Gasteiger partial charge in [0.2, 0.25) is 5.88 Å². The zero-order valence-electron chi connectivity index (χ0n) is 9.28. The fourth-order valence-corrected chi connectivity index (χ4v) is 1.55. The van der Waals surface area contributed by atoms with Crippen LogP contribution in [0.15, 0.2) is 28.9 Å². The number of methoxy groups -OCH3 is 1. The lowest BCUT2D eigenvalue weighted by Crippen LogP contribution is -2.05. The number of halogens is 3. The minimum atomic E-state index is -4.44. The van der Waals surface area contributed by atoms with Crippen molar-refractivity contribution in [3.05, 3.63) is 30.0 Å². The summed E-state index contributed by atoms with van der Waals surface area (Å²) in [6.45, 7) is 0. The van der Waals surface area contributed by atoms with E-state index in [4.69, 9.17) is 10.5 Å². The number of hydrogen-bond acceptors (Lipinski definition) is 4. The molecule has 0 aliphatic rings. The molecule has 1 aromatic heterocycles. The third kappa shape index (κ3) is 2.11. The highest BCUT2D eigenvalue weighted by atomic mass is 19.4. The zero-order valence-corrected chi connectivity index (χ0v) is 9.28. The smallest absolute Gasteiger partial charge is 0.416 e. The lowest BCUT2D eigenvalue weighted by Gasteiger charge is -2.11. The molecule has 0 saturated carbocycles. The predicted molar refractivity (Wildman–Crippen MR) is 57.9 cm³/mol. The van der Waals surface area contributed by atoms with Crippen LogP contribution in [-0.4, -0.2) is 12.3 Å². The van der Waals surface area contributed by atoms with E-state index in [9.17, 15) is 13.2 Å². The first-order valence-electron chi connectivity index (χ1n) is 4.89. The van der Waals surface area contributed by atoms with Crippen LogP contribution in [0, 0.1) is 0 Å². The van der Waals surface area contributed by atoms with Crippen molar-refractivity contribution in [2.24, 2.45) is 0 Å². The van der Waals surface area contributed by atoms with E-state index in [1.54, 1.807) is 0 Å². The molecule has 0 radical (unpaired) electrons. The maximum Gasteiger partial charge on any atom is 0.416 e. The van der Waals surface area contributed by atoms with E-state index in [1.165, 1.54) is 19.4 Å². The Morgan fingerprint density at radius 3 is 2.50 bits per heavy atom. The molecule has 0 bridgehead atoms. The Morgan fingerprint density at radius 1 is 1.28 bits per heavy atom. The minimum absolute atomic E-state index is 0.0624. The van der Waals surface area contributed by atoms with Gasteiger partial charge in [0.1, 0.15) is 5.75 Å². The Bertz CT molecular complexity index is 564. The van der Waals surface area contributed by atoms with Gasteiger partial charge in [-0.25, -0.2) is 0 Å². The van der Waals surface area contributed by atoms with Gasteiger partial charge in [0.25, 0.3) is 0 Å². The van der Waals surface area contributed by atoms with Gasteiger partial charge in [-0.15, -0.1) is 0 Å². The molecule has 4 nitrogen and oxygen atoms in total. The number of hydrogen-bond donors (Lipinski definition) is 1. The highest BCUT2D eigenvalue weighted by Gasteiger charge is 2.31. The number of rotatable bonds is 2. The maximum atomic E-state index is 12.6. The molecule has 18 heavy (non-hydrogen) atoms. The number of alkyl halides is 3. The SMILES string of the molecule is COc1ccc(C(F)(F)F)cc1-c1cnoc1N. The van der Waals surface area contributed by atoms with E-state index in [-0.39, 0.29) is 22.8 Å². The monoisotopic (exact) mass is 258 g/mol. The van der Waals surface area contributed by atoms with E-state index in [0.29, 0.717) is 0 Å². The summed E-state index contributed by atoms with van der Waals surface area (Å²) in [5, 5.41) is 3.43. The standard InChI is InChI=1S/C11H9F3N2O2/c1-17-9-3-2-6(11(12,13)14)4-7(9)8-5-16-18-10(8)15/h2-5H,15H2,1H3. The Hall–Kier alpha value is -2.18. The average Bonchev–Trinajstić information content (AvgIpc) is 2.73. The Morgan fingerprint density at radius 2 is 2.00 bits per heavy atom. The highest BCUT2D eigenvalue weighted by Crippen LogP contribution is 2.38. The van der Waals surface area contributed by atoms with Gasteiger partial charge < -0.3 is 15.0 Å². The number of nitrogen functional groups attached to an aromatic ring is 1. The molecule has 0 amide bonds. The molecule has 1 aromatic carbocycles. The van der Waals surface area contributed by atoms with Gasteiger partial charge in [-0.2, -0.15) is 13.2 Å². The Balaban J connectivity index is 2.61. The minimum Gasteiger partial charge on any atom is -0.496 e. The van der Waals surface area contributed by atoms with Crippen molar-refractivity contribution in [2.45, 2.75) is 6.18 Å². The summed E-state index contributed by atoms with van der Waals surface area (Å²) in [6, 6.07) is 3.11. The van der Waals surface area contributed by atoms with E-state index >= 15 is 0 Å². The zero-order chi connectivity index (χ0) is 13.3. The van der Waals surface area contributed by atoms with Crippen molar-refractivity contribution in [1.29, 1.82) is 0 Å². The van der Waals surface area contributed by atoms with Crippen molar-refractivity contribution in [2.75, 3.05) is 12.8 Å². The van der Waals surface area contributed by atoms with Crippen LogP contribution in [0.3, 0.4) is 0 Å². The molecule has 0 aliphatic heterocycles. The molecule has 2 N–H and O–H groups in total. The van der Waals surface area contributed by atoms with Crippen LogP contribution in [0.2, 0.25) is 0 Å². The second-order valence-corrected chi connectivity index (χ2v) is 3.52. The van der Waals surface area contributed by atoms with Crippen LogP contribution in [-0.2, 0) is 6.18 Å². The molecule has 0 fully saturated rings. The summed E-state index contributed by atoms with van der Waals surface area (Å²) in [7, 11) is 1.36. The summed E-state index contributed by atoms with van der Waals surface area (Å²) in [4.78, 5) is 0. The van der Waals surface area contributed by atoms with Crippen molar-refractivity contribution < 1.29 is 22.4 Å². The van der Waals surface area contributed by atoms with Crippen LogP contribution < -0.4 is 10.5 Å². The quantitative estimate of drug-likeness (QED) is 0.899. The molecule has 1 heterocycles. The molecule has 0 saturated heterocycles. The Labute approximate surface area is 100 Å². The van der Waals surface area contributed by atoms with Crippen molar-refractivity contribution in [3.63, 3.8) is 0 Å². The van der Waals surface area contributed by atoms with E-state index < -0.39 is 11.7 Å². The first-order chi connectivity index (χ1) is 8.43. The number of aromatic nitrogens is 1. The average molecular weight is 258 g/mol. The largest absolute Gasteiger partial charge is 0.496 e. The van der Waals surface area contributed by atoms with E-state index in [1.807, 2.05) is 0 Å². The highest BCUT2D eigenvalue weighted by molar-refractivity contribution is 5.77. The summed E-state index contributed by atoms with van der Waals surface area (Å²) in [6.07, 6.45) is -3.19. The first-order valence-corrected chi connectivity index (χ1v) is 4.89. The topological polar surface area (TPSA) is 61.3 Å². The molecule has 96 valence electrons. The number of nitrogens with two attached hydrogens (primary N) is 1. The summed E-state index contributed by atoms with van der Waals surface area (Å²) < 4.78 is 47.5. The van der Waals surface area contributed by atoms with Crippen LogP contribution in [0.4, 0.5) is 19.1 Å². The van der Waals surface area contributed by atoms with E-state index in [2.05, 4.69) is 9.68 Å². The van der Waals surface area contributed by atoms with Gasteiger partial charge in [-0.3, -0.25) is 0 Å². The molecular formula is C11H9F3N2O2. The van der Waals surface area contributed by atoms with Gasteiger partial charge in [0.15, 0.2) is 0 Å². The van der Waals surface area contributed by atoms with Crippen molar-refractivity contribution in [3.8, 4) is 16.9 Å². The second-order valence-electron chi connectivity index (χ2n) is 3.52. The lowest BCUT2D eigenvalue weighted by molar-refractivity contribution is -0.137. The van der Waals surface area contributed by atoms with Gasteiger partial charge in [0.05, 0.1) is 24.4 Å². The van der Waals surface area contributed by atoms with E-state index in [0.717, 1.165) is 12.1 Å². The predicted octanol–water partition coefficient (Wildman–Crippen LogP) is 2.95. The molecule has 2 rings (SSSR count). The molecule has 2 aromatic rings. The second kappa shape index (κ2) is 4.25. The van der Waals surface area contributed by atoms with Gasteiger partial charge in [-0.05, 0) is 18.2 Å². The fourth-order valence-electron chi connectivity index (χ4n) is 1.55. The van der Waals surface area contributed by atoms with Gasteiger partial charge in [-0.1, -0.05) is 5.16 Å². The third-order valence-corrected chi connectivity index (χ3v) is 2.42. The molecule has 7 heteroatoms. The van der Waals surface area contributed by atoms with Crippen molar-refractivity contribution >= 4 is 5.88 Å². The third-order valence-electron chi connectivity index (χ3n) is 2.42. The molecule has 0 atom stereocenters. The number of benzene rings is 1. The first kappa shape index (κ1) is 12.3. The van der Waals surface area contributed by atoms with Crippen molar-refractivity contribution in [1.82, 2.24) is 5.16 Å². The summed E-state index contributed by atoms with van der Waals surface area (Å²) in [5.74, 6) is 0.200. The normalized spacial score (nSPS) is 11.6. The number of nitrogens with zero attached hydrogens (tertiary/aromatic N) is 1. The molecular weight excluding hydrogens is 249 g/mol. The van der Waals surface area contributed by atoms with Gasteiger partial charge in [0, 0.05) is 5.56 Å². The summed E-state index contributed by atoms with van der Waals surface area (Å²) in [5.41, 5.74) is 5.14. The number of anilines is 1. The molecule has 0 aliphatic carbocycles. The summed E-state index contributed by atoms with van der Waals surface area (Å²) >= 11 is 0. The maximum absolute atomic E-state index is 12.6. The Kier molecular flexibility index (Phi) is 2.90. The van der Waals surface area contributed by atoms with Gasteiger partial charge >= 0.3 is 6.18 Å².